The second kappa shape index (κ2) is 4.99. The van der Waals surface area contributed by atoms with E-state index in [4.69, 9.17) is 11.0 Å². The second-order valence-electron chi connectivity index (χ2n) is 3.57. The first-order valence-corrected chi connectivity index (χ1v) is 6.59. The predicted octanol–water partition coefficient (Wildman–Crippen LogP) is 1.65. The molecule has 2 N–H and O–H groups in total. The van der Waals surface area contributed by atoms with Crippen LogP contribution in [0.3, 0.4) is 0 Å². The number of rotatable bonds is 4. The van der Waals surface area contributed by atoms with E-state index in [0.717, 1.165) is 5.56 Å². The molecular weight excluding hydrogens is 224 g/mol. The van der Waals surface area contributed by atoms with Crippen molar-refractivity contribution in [3.8, 4) is 6.07 Å². The maximum absolute atomic E-state index is 11.9. The van der Waals surface area contributed by atoms with E-state index in [1.54, 1.807) is 19.1 Å². The smallest absolute Gasteiger partial charge is 0.180 e. The van der Waals surface area contributed by atoms with Crippen molar-refractivity contribution >= 4 is 15.5 Å². The first-order valence-electron chi connectivity index (χ1n) is 4.94. The Bertz CT molecular complexity index is 515. The fraction of sp³-hybridized carbons (Fsp3) is 0.364. The van der Waals surface area contributed by atoms with Gasteiger partial charge in [-0.15, -0.1) is 0 Å². The molecule has 0 fully saturated rings. The summed E-state index contributed by atoms with van der Waals surface area (Å²) in [7, 11) is -3.36. The Morgan fingerprint density at radius 3 is 2.75 bits per heavy atom. The zero-order valence-electron chi connectivity index (χ0n) is 9.10. The lowest BCUT2D eigenvalue weighted by Crippen LogP contribution is -2.10. The Hall–Kier alpha value is -1.54. The third-order valence-electron chi connectivity index (χ3n) is 2.32. The normalized spacial score (nSPS) is 11.0. The average Bonchev–Trinajstić information content (AvgIpc) is 2.22. The molecule has 0 saturated heterocycles. The summed E-state index contributed by atoms with van der Waals surface area (Å²) in [5.41, 5.74) is 6.79. The van der Waals surface area contributed by atoms with Crippen LogP contribution in [0.2, 0.25) is 0 Å². The highest BCUT2D eigenvalue weighted by Crippen LogP contribution is 2.23. The van der Waals surface area contributed by atoms with Gasteiger partial charge in [0.25, 0.3) is 0 Å². The van der Waals surface area contributed by atoms with Gasteiger partial charge in [0, 0.05) is 6.42 Å². The molecule has 16 heavy (non-hydrogen) atoms. The highest BCUT2D eigenvalue weighted by molar-refractivity contribution is 7.91. The summed E-state index contributed by atoms with van der Waals surface area (Å²) in [6.45, 7) is 1.77. The molecule has 0 saturated carbocycles. The Balaban J connectivity index is 3.00. The number of aryl methyl sites for hydroxylation is 1. The first-order chi connectivity index (χ1) is 7.49. The van der Waals surface area contributed by atoms with Gasteiger partial charge in [0.1, 0.15) is 0 Å². The first kappa shape index (κ1) is 12.5. The molecule has 0 aliphatic heterocycles. The molecule has 0 heterocycles. The van der Waals surface area contributed by atoms with E-state index in [1.165, 1.54) is 6.07 Å². The zero-order chi connectivity index (χ0) is 12.2. The highest BCUT2D eigenvalue weighted by Gasteiger charge is 2.17. The summed E-state index contributed by atoms with van der Waals surface area (Å²) >= 11 is 0. The molecule has 0 radical (unpaired) electrons. The Kier molecular flexibility index (Phi) is 3.91. The summed E-state index contributed by atoms with van der Waals surface area (Å²) < 4.78 is 23.8. The number of nitrogen functional groups attached to an aromatic ring is 1. The Morgan fingerprint density at radius 1 is 1.44 bits per heavy atom. The topological polar surface area (TPSA) is 84.0 Å². The minimum atomic E-state index is -3.36. The lowest BCUT2D eigenvalue weighted by Gasteiger charge is -2.08. The summed E-state index contributed by atoms with van der Waals surface area (Å²) in [6, 6.07) is 6.86. The van der Waals surface area contributed by atoms with E-state index in [2.05, 4.69) is 0 Å². The van der Waals surface area contributed by atoms with Crippen molar-refractivity contribution in [2.75, 3.05) is 11.5 Å². The van der Waals surface area contributed by atoms with Gasteiger partial charge in [-0.3, -0.25) is 0 Å². The molecule has 1 aromatic carbocycles. The van der Waals surface area contributed by atoms with Crippen molar-refractivity contribution in [3.05, 3.63) is 23.8 Å². The fourth-order valence-corrected chi connectivity index (χ4v) is 2.90. The largest absolute Gasteiger partial charge is 0.397 e. The maximum Gasteiger partial charge on any atom is 0.180 e. The fourth-order valence-electron chi connectivity index (χ4n) is 1.38. The number of nitriles is 1. The van der Waals surface area contributed by atoms with Gasteiger partial charge in [-0.25, -0.2) is 8.42 Å². The summed E-state index contributed by atoms with van der Waals surface area (Å²) in [6.07, 6.45) is 0.581. The molecule has 0 aliphatic rings. The standard InChI is InChI=1S/C11H14N2O2S/c1-9-5-4-6-10(11(9)13)16(14,15)8-3-2-7-12/h4-6H,2-3,8,13H2,1H3. The van der Waals surface area contributed by atoms with Crippen LogP contribution in [0.25, 0.3) is 0 Å². The quantitative estimate of drug-likeness (QED) is 0.638. The van der Waals surface area contributed by atoms with Gasteiger partial charge in [0.2, 0.25) is 0 Å². The number of sulfone groups is 1. The number of unbranched alkanes of at least 4 members (excludes halogenated alkanes) is 1. The summed E-state index contributed by atoms with van der Waals surface area (Å²) in [5, 5.41) is 8.36. The lowest BCUT2D eigenvalue weighted by molar-refractivity contribution is 0.594. The highest BCUT2D eigenvalue weighted by atomic mass is 32.2. The van der Waals surface area contributed by atoms with Crippen molar-refractivity contribution in [2.45, 2.75) is 24.7 Å². The average molecular weight is 238 g/mol. The van der Waals surface area contributed by atoms with Crippen LogP contribution in [0, 0.1) is 18.3 Å². The molecular formula is C11H14N2O2S. The van der Waals surface area contributed by atoms with Crippen molar-refractivity contribution in [1.82, 2.24) is 0 Å². The van der Waals surface area contributed by atoms with Gasteiger partial charge in [0.15, 0.2) is 9.84 Å². The van der Waals surface area contributed by atoms with Crippen LogP contribution < -0.4 is 5.73 Å². The molecule has 0 unspecified atom stereocenters. The summed E-state index contributed by atoms with van der Waals surface area (Å²) in [5.74, 6) is -0.0335. The molecule has 0 spiro atoms. The minimum absolute atomic E-state index is 0.0335. The summed E-state index contributed by atoms with van der Waals surface area (Å²) in [4.78, 5) is 0.172. The number of para-hydroxylation sites is 1. The van der Waals surface area contributed by atoms with Crippen molar-refractivity contribution in [3.63, 3.8) is 0 Å². The third kappa shape index (κ3) is 2.74. The number of hydrogen-bond donors (Lipinski definition) is 1. The van der Waals surface area contributed by atoms with Gasteiger partial charge in [0.05, 0.1) is 22.4 Å². The molecule has 0 atom stereocenters. The maximum atomic E-state index is 11.9. The van der Waals surface area contributed by atoms with Crippen LogP contribution in [0.15, 0.2) is 23.1 Å². The molecule has 0 aromatic heterocycles. The van der Waals surface area contributed by atoms with E-state index in [0.29, 0.717) is 12.1 Å². The van der Waals surface area contributed by atoms with E-state index >= 15 is 0 Å². The molecule has 1 rings (SSSR count). The van der Waals surface area contributed by atoms with E-state index in [1.807, 2.05) is 6.07 Å². The number of nitrogens with zero attached hydrogens (tertiary/aromatic N) is 1. The van der Waals surface area contributed by atoms with E-state index < -0.39 is 9.84 Å². The lowest BCUT2D eigenvalue weighted by atomic mass is 10.2. The van der Waals surface area contributed by atoms with Crippen LogP contribution in [0.5, 0.6) is 0 Å². The Labute approximate surface area is 95.6 Å². The minimum Gasteiger partial charge on any atom is -0.397 e. The van der Waals surface area contributed by atoms with Crippen molar-refractivity contribution in [2.24, 2.45) is 0 Å². The molecule has 86 valence electrons. The molecule has 1 aromatic rings. The van der Waals surface area contributed by atoms with Crippen LogP contribution in [-0.2, 0) is 9.84 Å². The van der Waals surface area contributed by atoms with Gasteiger partial charge in [-0.2, -0.15) is 5.26 Å². The molecule has 0 bridgehead atoms. The van der Waals surface area contributed by atoms with Gasteiger partial charge >= 0.3 is 0 Å². The van der Waals surface area contributed by atoms with Gasteiger partial charge < -0.3 is 5.73 Å². The molecule has 4 nitrogen and oxygen atoms in total. The number of nitrogens with two attached hydrogens (primary N) is 1. The monoisotopic (exact) mass is 238 g/mol. The second-order valence-corrected chi connectivity index (χ2v) is 5.64. The van der Waals surface area contributed by atoms with Gasteiger partial charge in [-0.1, -0.05) is 12.1 Å². The number of benzene rings is 1. The number of anilines is 1. The Morgan fingerprint density at radius 2 is 2.12 bits per heavy atom. The number of hydrogen-bond acceptors (Lipinski definition) is 4. The van der Waals surface area contributed by atoms with E-state index in [9.17, 15) is 8.42 Å². The van der Waals surface area contributed by atoms with Crippen LogP contribution in [0.1, 0.15) is 18.4 Å². The molecule has 0 aliphatic carbocycles. The van der Waals surface area contributed by atoms with E-state index in [-0.39, 0.29) is 17.1 Å². The van der Waals surface area contributed by atoms with Gasteiger partial charge in [-0.05, 0) is 25.0 Å². The van der Waals surface area contributed by atoms with Crippen molar-refractivity contribution < 1.29 is 8.42 Å². The van der Waals surface area contributed by atoms with Crippen LogP contribution in [-0.4, -0.2) is 14.2 Å². The molecule has 0 amide bonds. The van der Waals surface area contributed by atoms with Crippen LogP contribution in [0.4, 0.5) is 5.69 Å². The molecule has 5 heteroatoms. The zero-order valence-corrected chi connectivity index (χ0v) is 9.92. The van der Waals surface area contributed by atoms with Crippen LogP contribution >= 0.6 is 0 Å². The third-order valence-corrected chi connectivity index (χ3v) is 4.17. The van der Waals surface area contributed by atoms with Crippen molar-refractivity contribution in [1.29, 1.82) is 5.26 Å². The predicted molar refractivity (Wildman–Crippen MR) is 62.5 cm³/mol. The SMILES string of the molecule is Cc1cccc(S(=O)(=O)CCCC#N)c1N.